The molecule has 2 aliphatic heterocycles. The molecule has 7 heteroatoms. The Morgan fingerprint density at radius 2 is 2.38 bits per heavy atom. The number of amides is 1. The van der Waals surface area contributed by atoms with Gasteiger partial charge in [0.05, 0.1) is 11.9 Å². The van der Waals surface area contributed by atoms with Crippen LogP contribution in [0.15, 0.2) is 12.3 Å². The summed E-state index contributed by atoms with van der Waals surface area (Å²) >= 11 is 0. The van der Waals surface area contributed by atoms with Crippen LogP contribution >= 0.6 is 0 Å². The SMILES string of the molecule is Cc1cc(N2C[C@@H]3CNCC[C@]3(F)C2=O)cnc1C(=O)O. The predicted octanol–water partition coefficient (Wildman–Crippen LogP) is 0.753. The number of pyridine rings is 1. The van der Waals surface area contributed by atoms with Gasteiger partial charge in [0.25, 0.3) is 5.91 Å². The van der Waals surface area contributed by atoms with Gasteiger partial charge in [-0.3, -0.25) is 4.79 Å². The third-order valence-corrected chi connectivity index (χ3v) is 4.29. The second-order valence-corrected chi connectivity index (χ2v) is 5.59. The number of halogens is 1. The number of aromatic carboxylic acids is 1. The van der Waals surface area contributed by atoms with E-state index in [1.165, 1.54) is 11.1 Å². The smallest absolute Gasteiger partial charge is 0.354 e. The predicted molar refractivity (Wildman–Crippen MR) is 73.1 cm³/mol. The lowest BCUT2D eigenvalue weighted by molar-refractivity contribution is -0.130. The van der Waals surface area contributed by atoms with Gasteiger partial charge in [-0.1, -0.05) is 0 Å². The first-order valence-corrected chi connectivity index (χ1v) is 6.85. The monoisotopic (exact) mass is 293 g/mol. The lowest BCUT2D eigenvalue weighted by Gasteiger charge is -2.29. The number of carboxylic acid groups (broad SMARTS) is 1. The van der Waals surface area contributed by atoms with Crippen LogP contribution in [0.4, 0.5) is 10.1 Å². The minimum atomic E-state index is -1.81. The molecular weight excluding hydrogens is 277 g/mol. The molecule has 21 heavy (non-hydrogen) atoms. The van der Waals surface area contributed by atoms with Gasteiger partial charge in [-0.25, -0.2) is 14.2 Å². The highest BCUT2D eigenvalue weighted by Gasteiger charge is 2.56. The van der Waals surface area contributed by atoms with E-state index in [1.807, 2.05) is 0 Å². The normalized spacial score (nSPS) is 28.6. The summed E-state index contributed by atoms with van der Waals surface area (Å²) in [4.78, 5) is 28.6. The second kappa shape index (κ2) is 4.77. The summed E-state index contributed by atoms with van der Waals surface area (Å²) in [6.07, 6.45) is 1.50. The van der Waals surface area contributed by atoms with Crippen LogP contribution in [0.1, 0.15) is 22.5 Å². The third kappa shape index (κ3) is 2.08. The quantitative estimate of drug-likeness (QED) is 0.841. The summed E-state index contributed by atoms with van der Waals surface area (Å²) in [5.74, 6) is -2.04. The van der Waals surface area contributed by atoms with E-state index >= 15 is 0 Å². The first kappa shape index (κ1) is 13.9. The molecule has 0 unspecified atom stereocenters. The van der Waals surface area contributed by atoms with Crippen LogP contribution in [0.5, 0.6) is 0 Å². The number of carbonyl (C=O) groups excluding carboxylic acids is 1. The molecule has 2 fully saturated rings. The van der Waals surface area contributed by atoms with Gasteiger partial charge in [-0.15, -0.1) is 0 Å². The molecule has 0 saturated carbocycles. The van der Waals surface area contributed by atoms with Crippen molar-refractivity contribution in [2.24, 2.45) is 5.92 Å². The van der Waals surface area contributed by atoms with Crippen molar-refractivity contribution in [3.8, 4) is 0 Å². The molecule has 2 aliphatic rings. The number of rotatable bonds is 2. The maximum absolute atomic E-state index is 14.8. The van der Waals surface area contributed by atoms with Crippen LogP contribution in [0, 0.1) is 12.8 Å². The van der Waals surface area contributed by atoms with Gasteiger partial charge < -0.3 is 15.3 Å². The molecule has 0 aromatic carbocycles. The number of carbonyl (C=O) groups is 2. The van der Waals surface area contributed by atoms with Crippen molar-refractivity contribution in [3.63, 3.8) is 0 Å². The van der Waals surface area contributed by atoms with Crippen molar-refractivity contribution in [3.05, 3.63) is 23.5 Å². The summed E-state index contributed by atoms with van der Waals surface area (Å²) in [7, 11) is 0. The highest BCUT2D eigenvalue weighted by atomic mass is 19.1. The largest absolute Gasteiger partial charge is 0.477 e. The Balaban J connectivity index is 1.93. The van der Waals surface area contributed by atoms with Crippen molar-refractivity contribution < 1.29 is 19.1 Å². The molecule has 1 amide bonds. The van der Waals surface area contributed by atoms with Crippen molar-refractivity contribution in [1.82, 2.24) is 10.3 Å². The van der Waals surface area contributed by atoms with Gasteiger partial charge in [0.2, 0.25) is 0 Å². The molecule has 1 aromatic heterocycles. The molecule has 112 valence electrons. The number of hydrogen-bond acceptors (Lipinski definition) is 4. The summed E-state index contributed by atoms with van der Waals surface area (Å²) in [5.41, 5.74) is -0.966. The summed E-state index contributed by atoms with van der Waals surface area (Å²) < 4.78 is 14.8. The number of aromatic nitrogens is 1. The van der Waals surface area contributed by atoms with E-state index in [0.717, 1.165) is 0 Å². The van der Waals surface area contributed by atoms with Gasteiger partial charge in [0.1, 0.15) is 0 Å². The molecular formula is C14H16FN3O3. The van der Waals surface area contributed by atoms with E-state index in [9.17, 15) is 14.0 Å². The van der Waals surface area contributed by atoms with E-state index in [2.05, 4.69) is 10.3 Å². The van der Waals surface area contributed by atoms with Crippen LogP contribution < -0.4 is 10.2 Å². The number of aryl methyl sites for hydroxylation is 1. The Morgan fingerprint density at radius 3 is 3.00 bits per heavy atom. The number of carboxylic acids is 1. The molecule has 2 saturated heterocycles. The number of nitrogens with one attached hydrogen (secondary N) is 1. The minimum absolute atomic E-state index is 0.0561. The summed E-state index contributed by atoms with van der Waals surface area (Å²) in [5, 5.41) is 12.1. The van der Waals surface area contributed by atoms with Crippen molar-refractivity contribution >= 4 is 17.6 Å². The third-order valence-electron chi connectivity index (χ3n) is 4.29. The molecule has 0 radical (unpaired) electrons. The van der Waals surface area contributed by atoms with Crippen molar-refractivity contribution in [2.45, 2.75) is 19.0 Å². The zero-order valence-electron chi connectivity index (χ0n) is 11.6. The highest BCUT2D eigenvalue weighted by molar-refractivity contribution is 6.02. The number of hydrogen-bond donors (Lipinski definition) is 2. The fourth-order valence-corrected chi connectivity index (χ4v) is 3.09. The van der Waals surface area contributed by atoms with Crippen LogP contribution in [-0.2, 0) is 4.79 Å². The number of nitrogens with zero attached hydrogens (tertiary/aromatic N) is 2. The summed E-state index contributed by atoms with van der Waals surface area (Å²) in [6, 6.07) is 1.57. The van der Waals surface area contributed by atoms with Gasteiger partial charge >= 0.3 is 5.97 Å². The maximum Gasteiger partial charge on any atom is 0.354 e. The summed E-state index contributed by atoms with van der Waals surface area (Å²) in [6.45, 7) is 2.86. The minimum Gasteiger partial charge on any atom is -0.477 e. The van der Waals surface area contributed by atoms with Crippen molar-refractivity contribution in [1.29, 1.82) is 0 Å². The van der Waals surface area contributed by atoms with Gasteiger partial charge in [0, 0.05) is 25.4 Å². The molecule has 3 heterocycles. The average molecular weight is 293 g/mol. The van der Waals surface area contributed by atoms with E-state index in [4.69, 9.17) is 5.11 Å². The Kier molecular flexibility index (Phi) is 3.16. The van der Waals surface area contributed by atoms with E-state index in [-0.39, 0.29) is 24.6 Å². The van der Waals surface area contributed by atoms with Crippen LogP contribution in [0.2, 0.25) is 0 Å². The lowest BCUT2D eigenvalue weighted by atomic mass is 9.86. The number of alkyl halides is 1. The molecule has 2 N–H and O–H groups in total. The fourth-order valence-electron chi connectivity index (χ4n) is 3.09. The van der Waals surface area contributed by atoms with Crippen LogP contribution in [0.25, 0.3) is 0 Å². The average Bonchev–Trinajstić information content (AvgIpc) is 2.71. The fraction of sp³-hybridized carbons (Fsp3) is 0.500. The van der Waals surface area contributed by atoms with E-state index in [1.54, 1.807) is 13.0 Å². The van der Waals surface area contributed by atoms with Gasteiger partial charge in [0.15, 0.2) is 11.4 Å². The Hall–Kier alpha value is -2.02. The molecule has 0 bridgehead atoms. The number of anilines is 1. The van der Waals surface area contributed by atoms with Crippen LogP contribution in [0.3, 0.4) is 0 Å². The maximum atomic E-state index is 14.8. The standard InChI is InChI=1S/C14H16FN3O3/c1-8-4-10(6-17-11(8)12(19)20)18-7-9-5-16-3-2-14(9,15)13(18)21/h4,6,9,16H,2-3,5,7H2,1H3,(H,19,20)/t9-,14+/m0/s1. The Morgan fingerprint density at radius 1 is 1.62 bits per heavy atom. The molecule has 2 atom stereocenters. The molecule has 3 rings (SSSR count). The first-order chi connectivity index (χ1) is 9.93. The van der Waals surface area contributed by atoms with Gasteiger partial charge in [-0.05, 0) is 25.1 Å². The second-order valence-electron chi connectivity index (χ2n) is 5.59. The zero-order valence-corrected chi connectivity index (χ0v) is 11.6. The topological polar surface area (TPSA) is 82.5 Å². The Bertz CT molecular complexity index is 621. The molecule has 1 aromatic rings. The molecule has 6 nitrogen and oxygen atoms in total. The number of fused-ring (bicyclic) bond motifs is 1. The van der Waals surface area contributed by atoms with E-state index in [0.29, 0.717) is 24.3 Å². The highest BCUT2D eigenvalue weighted by Crippen LogP contribution is 2.39. The van der Waals surface area contributed by atoms with Gasteiger partial charge in [-0.2, -0.15) is 0 Å². The number of piperidine rings is 1. The zero-order chi connectivity index (χ0) is 15.2. The van der Waals surface area contributed by atoms with Crippen LogP contribution in [-0.4, -0.2) is 47.3 Å². The lowest BCUT2D eigenvalue weighted by Crippen LogP contribution is -2.49. The Labute approximate surface area is 121 Å². The molecule has 0 aliphatic carbocycles. The molecule has 0 spiro atoms. The van der Waals surface area contributed by atoms with Crippen molar-refractivity contribution in [2.75, 3.05) is 24.5 Å². The van der Waals surface area contributed by atoms with E-state index < -0.39 is 17.5 Å². The first-order valence-electron chi connectivity index (χ1n) is 6.85.